The Morgan fingerprint density at radius 2 is 2.09 bits per heavy atom. The Bertz CT molecular complexity index is 519. The minimum Gasteiger partial charge on any atom is -0.462 e. The molecule has 5 heteroatoms. The number of carbonyl (C=O) groups excluding carboxylic acids is 2. The molecule has 2 rings (SSSR count). The Morgan fingerprint density at radius 1 is 1.41 bits per heavy atom. The minimum absolute atomic E-state index is 0.236. The number of esters is 2. The molecule has 0 aromatic carbocycles. The topological polar surface area (TPSA) is 72.8 Å². The molecule has 0 bridgehead atoms. The highest BCUT2D eigenvalue weighted by molar-refractivity contribution is 5.75. The Hall–Kier alpha value is -1.62. The van der Waals surface area contributed by atoms with E-state index in [1.54, 1.807) is 13.0 Å². The van der Waals surface area contributed by atoms with Gasteiger partial charge in [-0.25, -0.2) is 0 Å². The lowest BCUT2D eigenvalue weighted by atomic mass is 9.82. The molecule has 1 fully saturated rings. The Balaban J connectivity index is 2.40. The monoisotopic (exact) mass is 308 g/mol. The third-order valence-electron chi connectivity index (χ3n) is 4.49. The summed E-state index contributed by atoms with van der Waals surface area (Å²) in [7, 11) is 0. The van der Waals surface area contributed by atoms with Gasteiger partial charge < -0.3 is 14.6 Å². The van der Waals surface area contributed by atoms with Crippen LogP contribution < -0.4 is 0 Å². The van der Waals surface area contributed by atoms with Gasteiger partial charge in [-0.1, -0.05) is 18.6 Å². The molecule has 5 atom stereocenters. The highest BCUT2D eigenvalue weighted by Crippen LogP contribution is 2.37. The van der Waals surface area contributed by atoms with Crippen molar-refractivity contribution in [1.82, 2.24) is 0 Å². The average molecular weight is 308 g/mol. The number of fused-ring (bicyclic) bond motifs is 1. The van der Waals surface area contributed by atoms with Gasteiger partial charge in [0.25, 0.3) is 0 Å². The van der Waals surface area contributed by atoms with Crippen LogP contribution in [0.2, 0.25) is 0 Å². The molecule has 1 aliphatic heterocycles. The van der Waals surface area contributed by atoms with Gasteiger partial charge in [0.15, 0.2) is 0 Å². The second-order valence-corrected chi connectivity index (χ2v) is 6.33. The Morgan fingerprint density at radius 3 is 2.73 bits per heavy atom. The fourth-order valence-electron chi connectivity index (χ4n) is 3.18. The van der Waals surface area contributed by atoms with Crippen LogP contribution in [0.25, 0.3) is 0 Å². The van der Waals surface area contributed by atoms with E-state index >= 15 is 0 Å². The highest BCUT2D eigenvalue weighted by Gasteiger charge is 2.46. The number of carbonyl (C=O) groups is 2. The molecular formula is C17H24O5. The number of aliphatic hydroxyl groups excluding tert-OH is 1. The zero-order chi connectivity index (χ0) is 16.4. The number of hydrogen-bond acceptors (Lipinski definition) is 5. The van der Waals surface area contributed by atoms with E-state index in [-0.39, 0.29) is 23.8 Å². The van der Waals surface area contributed by atoms with E-state index in [9.17, 15) is 14.7 Å². The molecule has 0 unspecified atom stereocenters. The molecule has 1 saturated heterocycles. The summed E-state index contributed by atoms with van der Waals surface area (Å²) in [6, 6.07) is 0. The first-order chi connectivity index (χ1) is 10.3. The lowest BCUT2D eigenvalue weighted by molar-refractivity contribution is -0.150. The van der Waals surface area contributed by atoms with Crippen LogP contribution in [0.1, 0.15) is 40.5 Å². The van der Waals surface area contributed by atoms with E-state index in [1.165, 1.54) is 6.92 Å². The molecular weight excluding hydrogens is 284 g/mol. The fourth-order valence-corrected chi connectivity index (χ4v) is 3.18. The molecule has 0 aromatic heterocycles. The lowest BCUT2D eigenvalue weighted by Crippen LogP contribution is -2.35. The van der Waals surface area contributed by atoms with Gasteiger partial charge >= 0.3 is 11.9 Å². The molecule has 0 aromatic rings. The number of ether oxygens (including phenoxy) is 2. The van der Waals surface area contributed by atoms with Gasteiger partial charge in [0, 0.05) is 13.3 Å². The van der Waals surface area contributed by atoms with Crippen molar-refractivity contribution in [3.63, 3.8) is 0 Å². The summed E-state index contributed by atoms with van der Waals surface area (Å²) >= 11 is 0. The molecule has 2 aliphatic rings. The van der Waals surface area contributed by atoms with Gasteiger partial charge in [-0.05, 0) is 31.9 Å². The summed E-state index contributed by atoms with van der Waals surface area (Å²) in [5.41, 5.74) is 1.80. The first kappa shape index (κ1) is 16.7. The van der Waals surface area contributed by atoms with Crippen molar-refractivity contribution in [2.75, 3.05) is 0 Å². The summed E-state index contributed by atoms with van der Waals surface area (Å²) in [5, 5.41) is 10.1. The van der Waals surface area contributed by atoms with Crippen molar-refractivity contribution >= 4 is 11.9 Å². The smallest absolute Gasteiger partial charge is 0.309 e. The highest BCUT2D eigenvalue weighted by atomic mass is 16.6. The molecule has 1 N–H and O–H groups in total. The minimum atomic E-state index is -0.588. The Labute approximate surface area is 131 Å². The van der Waals surface area contributed by atoms with Crippen molar-refractivity contribution in [2.45, 2.75) is 58.8 Å². The third-order valence-corrected chi connectivity index (χ3v) is 4.49. The lowest BCUT2D eigenvalue weighted by Gasteiger charge is -2.29. The van der Waals surface area contributed by atoms with Crippen molar-refractivity contribution in [3.05, 3.63) is 23.3 Å². The summed E-state index contributed by atoms with van der Waals surface area (Å²) < 4.78 is 10.9. The van der Waals surface area contributed by atoms with Crippen LogP contribution in [-0.4, -0.2) is 35.4 Å². The SMILES string of the molecule is CC(=O)O[C@H]1C/C(C)=C/C[C@@H](O)/C(C)=C/[C@H]2OC(=O)[C@H](C)[C@H]12. The molecule has 5 nitrogen and oxygen atoms in total. The maximum Gasteiger partial charge on any atom is 0.309 e. The average Bonchev–Trinajstić information content (AvgIpc) is 2.69. The van der Waals surface area contributed by atoms with Crippen molar-refractivity contribution in [2.24, 2.45) is 11.8 Å². The van der Waals surface area contributed by atoms with Crippen molar-refractivity contribution in [3.8, 4) is 0 Å². The van der Waals surface area contributed by atoms with Gasteiger partial charge in [-0.2, -0.15) is 0 Å². The van der Waals surface area contributed by atoms with Crippen molar-refractivity contribution in [1.29, 1.82) is 0 Å². The van der Waals surface area contributed by atoms with Gasteiger partial charge in [0.2, 0.25) is 0 Å². The summed E-state index contributed by atoms with van der Waals surface area (Å²) in [5.74, 6) is -1.23. The van der Waals surface area contributed by atoms with E-state index in [0.29, 0.717) is 12.8 Å². The molecule has 22 heavy (non-hydrogen) atoms. The van der Waals surface area contributed by atoms with Crippen LogP contribution in [0.4, 0.5) is 0 Å². The van der Waals surface area contributed by atoms with Gasteiger partial charge in [-0.15, -0.1) is 0 Å². The maximum atomic E-state index is 12.0. The van der Waals surface area contributed by atoms with E-state index < -0.39 is 18.3 Å². The number of rotatable bonds is 1. The first-order valence-electron chi connectivity index (χ1n) is 7.69. The quantitative estimate of drug-likeness (QED) is 0.593. The second-order valence-electron chi connectivity index (χ2n) is 6.33. The summed E-state index contributed by atoms with van der Waals surface area (Å²) in [4.78, 5) is 23.4. The Kier molecular flexibility index (Phi) is 5.06. The zero-order valence-electron chi connectivity index (χ0n) is 13.5. The molecule has 1 heterocycles. The number of aliphatic hydroxyl groups is 1. The predicted octanol–water partition coefficient (Wildman–Crippen LogP) is 2.14. The van der Waals surface area contributed by atoms with Gasteiger partial charge in [0.05, 0.1) is 17.9 Å². The molecule has 0 saturated carbocycles. The molecule has 0 spiro atoms. The maximum absolute atomic E-state index is 12.0. The molecule has 0 amide bonds. The largest absolute Gasteiger partial charge is 0.462 e. The van der Waals surface area contributed by atoms with E-state index in [2.05, 4.69) is 0 Å². The zero-order valence-corrected chi connectivity index (χ0v) is 13.5. The van der Waals surface area contributed by atoms with E-state index in [4.69, 9.17) is 9.47 Å². The van der Waals surface area contributed by atoms with Gasteiger partial charge in [-0.3, -0.25) is 9.59 Å². The fraction of sp³-hybridized carbons (Fsp3) is 0.647. The van der Waals surface area contributed by atoms with Crippen molar-refractivity contribution < 1.29 is 24.2 Å². The normalized spacial score (nSPS) is 40.6. The third kappa shape index (κ3) is 3.58. The number of hydrogen-bond donors (Lipinski definition) is 1. The molecule has 0 radical (unpaired) electrons. The van der Waals surface area contributed by atoms with E-state index in [0.717, 1.165) is 11.1 Å². The van der Waals surface area contributed by atoms with Crippen LogP contribution in [0.15, 0.2) is 23.3 Å². The van der Waals surface area contributed by atoms with Crippen LogP contribution >= 0.6 is 0 Å². The van der Waals surface area contributed by atoms with Crippen LogP contribution in [0, 0.1) is 11.8 Å². The second kappa shape index (κ2) is 6.65. The summed E-state index contributed by atoms with van der Waals surface area (Å²) in [6.45, 7) is 6.94. The predicted molar refractivity (Wildman–Crippen MR) is 80.8 cm³/mol. The molecule has 122 valence electrons. The van der Waals surface area contributed by atoms with Crippen LogP contribution in [0.3, 0.4) is 0 Å². The standard InChI is InChI=1S/C17H24O5/c1-9-5-6-13(19)10(2)8-15-16(11(3)17(20)22-15)14(7-9)21-12(4)18/h5,8,11,13-16,19H,6-7H2,1-4H3/b9-5+,10-8+/t11-,13-,14+,15-,16-/m1/s1. The van der Waals surface area contributed by atoms with E-state index in [1.807, 2.05) is 19.9 Å². The van der Waals surface area contributed by atoms with Crippen LogP contribution in [0.5, 0.6) is 0 Å². The summed E-state index contributed by atoms with van der Waals surface area (Å²) in [6.07, 6.45) is 3.34. The first-order valence-corrected chi connectivity index (χ1v) is 7.69. The van der Waals surface area contributed by atoms with Gasteiger partial charge in [0.1, 0.15) is 12.2 Å². The van der Waals surface area contributed by atoms with Crippen LogP contribution in [-0.2, 0) is 19.1 Å². The molecule has 1 aliphatic carbocycles.